The second-order valence-electron chi connectivity index (χ2n) is 8.93. The molecule has 5 aromatic rings. The summed E-state index contributed by atoms with van der Waals surface area (Å²) in [6, 6.07) is 19.4. The van der Waals surface area contributed by atoms with Gasteiger partial charge in [-0.25, -0.2) is 18.8 Å². The summed E-state index contributed by atoms with van der Waals surface area (Å²) in [5, 5.41) is 12.4. The van der Waals surface area contributed by atoms with Crippen molar-refractivity contribution in [2.24, 2.45) is 5.22 Å². The zero-order valence-corrected chi connectivity index (χ0v) is 23.6. The van der Waals surface area contributed by atoms with Crippen LogP contribution in [0.4, 0.5) is 14.5 Å². The molecule has 2 heterocycles. The minimum absolute atomic E-state index is 0. The Morgan fingerprint density at radius 1 is 1.00 bits per heavy atom. The highest BCUT2D eigenvalue weighted by Gasteiger charge is 2.21. The van der Waals surface area contributed by atoms with Gasteiger partial charge in [-0.15, -0.1) is 0 Å². The lowest BCUT2D eigenvalue weighted by molar-refractivity contribution is 0.536. The van der Waals surface area contributed by atoms with E-state index in [2.05, 4.69) is 15.2 Å². The standard InChI is InChI=1S/C29H22ClF2N7O.C2H6.CH4/c30-21-5-10-26(39(17-33)37-34)24(15-21)20-11-12-38(28(40)14-20)27(13-18-1-6-22(31)7-2-18)29-35-16-25(36-29)19-3-8-23(32)9-4-19;1-2;/h1-12,14-17,27,33-34H,13H2,(H,35,36);1-2H3;1H4. The van der Waals surface area contributed by atoms with E-state index in [0.29, 0.717) is 39.8 Å². The molecule has 1 unspecified atom stereocenters. The molecule has 0 aliphatic carbocycles. The molecule has 0 aliphatic heterocycles. The second kappa shape index (κ2) is 14.8. The molecule has 0 aliphatic rings. The van der Waals surface area contributed by atoms with Gasteiger partial charge in [0.05, 0.1) is 23.6 Å². The number of hydrogen-bond acceptors (Lipinski definition) is 5. The van der Waals surface area contributed by atoms with Gasteiger partial charge in [-0.05, 0) is 77.4 Å². The number of imidazole rings is 1. The Bertz CT molecular complexity index is 1730. The number of aromatic amines is 1. The van der Waals surface area contributed by atoms with Crippen molar-refractivity contribution in [3.8, 4) is 22.4 Å². The summed E-state index contributed by atoms with van der Waals surface area (Å²) in [5.74, 6) is -0.230. The molecule has 0 amide bonds. The van der Waals surface area contributed by atoms with Crippen LogP contribution in [0.25, 0.3) is 22.4 Å². The lowest BCUT2D eigenvalue weighted by Gasteiger charge is -2.20. The third kappa shape index (κ3) is 7.47. The zero-order chi connectivity index (χ0) is 30.2. The average molecular weight is 604 g/mol. The Kier molecular flexibility index (Phi) is 11.2. The summed E-state index contributed by atoms with van der Waals surface area (Å²) in [5.41, 5.74) is 10.6. The molecular formula is C32H32ClF2N7O. The number of nitrogens with zero attached hydrogens (tertiary/aromatic N) is 4. The van der Waals surface area contributed by atoms with Crippen LogP contribution < -0.4 is 10.6 Å². The number of H-pyrrole nitrogens is 1. The van der Waals surface area contributed by atoms with Gasteiger partial charge in [-0.2, -0.15) is 5.53 Å². The Balaban J connectivity index is 0.00000165. The third-order valence-corrected chi connectivity index (χ3v) is 6.67. The van der Waals surface area contributed by atoms with Crippen LogP contribution in [0.5, 0.6) is 0 Å². The largest absolute Gasteiger partial charge is 0.340 e. The smallest absolute Gasteiger partial charge is 0.251 e. The molecule has 3 aromatic carbocycles. The topological polar surface area (TPSA) is 114 Å². The zero-order valence-electron chi connectivity index (χ0n) is 22.9. The average Bonchev–Trinajstić information content (AvgIpc) is 3.50. The maximum atomic E-state index is 13.6. The molecule has 43 heavy (non-hydrogen) atoms. The van der Waals surface area contributed by atoms with Crippen LogP contribution in [-0.2, 0) is 6.42 Å². The first-order valence-corrected chi connectivity index (χ1v) is 13.5. The molecule has 5 rings (SSSR count). The molecule has 3 N–H and O–H groups in total. The summed E-state index contributed by atoms with van der Waals surface area (Å²) in [6.45, 7) is 4.00. The van der Waals surface area contributed by atoms with E-state index in [-0.39, 0.29) is 24.6 Å². The fraction of sp³-hybridized carbons (Fsp3) is 0.156. The van der Waals surface area contributed by atoms with Crippen molar-refractivity contribution in [3.63, 3.8) is 0 Å². The molecule has 2 aromatic heterocycles. The van der Waals surface area contributed by atoms with Gasteiger partial charge in [0.15, 0.2) is 0 Å². The molecular weight excluding hydrogens is 572 g/mol. The Morgan fingerprint density at radius 3 is 2.26 bits per heavy atom. The van der Waals surface area contributed by atoms with Gasteiger partial charge in [0.1, 0.15) is 23.8 Å². The number of halogens is 3. The Morgan fingerprint density at radius 2 is 1.65 bits per heavy atom. The van der Waals surface area contributed by atoms with E-state index in [1.54, 1.807) is 60.9 Å². The molecule has 11 heteroatoms. The van der Waals surface area contributed by atoms with E-state index in [1.807, 2.05) is 13.8 Å². The Hall–Kier alpha value is -4.96. The maximum Gasteiger partial charge on any atom is 0.251 e. The second-order valence-corrected chi connectivity index (χ2v) is 9.37. The minimum Gasteiger partial charge on any atom is -0.340 e. The van der Waals surface area contributed by atoms with E-state index in [0.717, 1.165) is 22.5 Å². The van der Waals surface area contributed by atoms with Crippen molar-refractivity contribution in [2.45, 2.75) is 33.7 Å². The van der Waals surface area contributed by atoms with Crippen LogP contribution in [-0.4, -0.2) is 20.9 Å². The predicted octanol–water partition coefficient (Wildman–Crippen LogP) is 8.69. The highest BCUT2D eigenvalue weighted by atomic mass is 35.5. The molecule has 0 saturated carbocycles. The monoisotopic (exact) mass is 603 g/mol. The van der Waals surface area contributed by atoms with E-state index in [4.69, 9.17) is 22.5 Å². The van der Waals surface area contributed by atoms with Crippen LogP contribution in [0, 0.1) is 22.6 Å². The lowest BCUT2D eigenvalue weighted by Crippen LogP contribution is -2.27. The van der Waals surface area contributed by atoms with Crippen LogP contribution in [0.2, 0.25) is 5.02 Å². The highest BCUT2D eigenvalue weighted by Crippen LogP contribution is 2.33. The van der Waals surface area contributed by atoms with Gasteiger partial charge >= 0.3 is 0 Å². The maximum absolute atomic E-state index is 13.6. The molecule has 1 atom stereocenters. The predicted molar refractivity (Wildman–Crippen MR) is 168 cm³/mol. The highest BCUT2D eigenvalue weighted by molar-refractivity contribution is 6.31. The number of nitrogens with one attached hydrogen (secondary N) is 3. The van der Waals surface area contributed by atoms with Gasteiger partial charge in [-0.1, -0.05) is 50.2 Å². The SMILES string of the molecule is C.CC.N=CN(N=N)c1ccc(Cl)cc1-c1ccn(C(Cc2ccc(F)cc2)c2ncc(-c3ccc(F)cc3)[nH]2)c(=O)c1. The molecule has 0 saturated heterocycles. The van der Waals surface area contributed by atoms with Gasteiger partial charge in [-0.3, -0.25) is 10.2 Å². The van der Waals surface area contributed by atoms with Crippen LogP contribution in [0.15, 0.2) is 101 Å². The fourth-order valence-electron chi connectivity index (χ4n) is 4.46. The van der Waals surface area contributed by atoms with Crippen molar-refractivity contribution in [2.75, 3.05) is 5.01 Å². The quantitative estimate of drug-likeness (QED) is 0.0677. The minimum atomic E-state index is -0.582. The fourth-order valence-corrected chi connectivity index (χ4v) is 4.63. The summed E-state index contributed by atoms with van der Waals surface area (Å²) in [7, 11) is 0. The van der Waals surface area contributed by atoms with Crippen molar-refractivity contribution in [1.29, 1.82) is 10.9 Å². The van der Waals surface area contributed by atoms with Gasteiger partial charge in [0, 0.05) is 29.3 Å². The van der Waals surface area contributed by atoms with E-state index >= 15 is 0 Å². The van der Waals surface area contributed by atoms with Gasteiger partial charge in [0.25, 0.3) is 5.56 Å². The molecule has 0 fully saturated rings. The molecule has 222 valence electrons. The van der Waals surface area contributed by atoms with Crippen molar-refractivity contribution in [1.82, 2.24) is 14.5 Å². The number of aromatic nitrogens is 3. The third-order valence-electron chi connectivity index (χ3n) is 6.44. The van der Waals surface area contributed by atoms with E-state index < -0.39 is 6.04 Å². The number of anilines is 1. The van der Waals surface area contributed by atoms with Crippen LogP contribution >= 0.6 is 11.6 Å². The van der Waals surface area contributed by atoms with Crippen molar-refractivity contribution >= 4 is 23.6 Å². The number of benzene rings is 3. The van der Waals surface area contributed by atoms with Crippen molar-refractivity contribution < 1.29 is 8.78 Å². The number of rotatable bonds is 9. The summed E-state index contributed by atoms with van der Waals surface area (Å²) in [6.07, 6.45) is 4.46. The lowest BCUT2D eigenvalue weighted by atomic mass is 10.0. The molecule has 0 bridgehead atoms. The first kappa shape index (κ1) is 32.6. The summed E-state index contributed by atoms with van der Waals surface area (Å²) < 4.78 is 28.5. The van der Waals surface area contributed by atoms with E-state index in [9.17, 15) is 13.6 Å². The first-order valence-electron chi connectivity index (χ1n) is 13.1. The van der Waals surface area contributed by atoms with Crippen LogP contribution in [0.1, 0.15) is 38.7 Å². The molecule has 0 radical (unpaired) electrons. The van der Waals surface area contributed by atoms with Crippen LogP contribution in [0.3, 0.4) is 0 Å². The van der Waals surface area contributed by atoms with Crippen molar-refractivity contribution in [3.05, 3.63) is 130 Å². The Labute approximate surface area is 253 Å². The van der Waals surface area contributed by atoms with Gasteiger partial charge < -0.3 is 9.55 Å². The summed E-state index contributed by atoms with van der Waals surface area (Å²) in [4.78, 5) is 21.3. The number of hydrogen-bond donors (Lipinski definition) is 3. The summed E-state index contributed by atoms with van der Waals surface area (Å²) >= 11 is 6.23. The van der Waals surface area contributed by atoms with Gasteiger partial charge in [0.2, 0.25) is 0 Å². The number of pyridine rings is 1. The van der Waals surface area contributed by atoms with E-state index in [1.165, 1.54) is 34.9 Å². The molecule has 0 spiro atoms. The normalized spacial score (nSPS) is 11.0. The molecule has 8 nitrogen and oxygen atoms in total. The first-order chi connectivity index (χ1) is 20.4.